The van der Waals surface area contributed by atoms with E-state index in [-0.39, 0.29) is 5.57 Å². The fourth-order valence-electron chi connectivity index (χ4n) is 1.17. The lowest BCUT2D eigenvalue weighted by Crippen LogP contribution is -2.23. The molecule has 0 bridgehead atoms. The summed E-state index contributed by atoms with van der Waals surface area (Å²) in [5.74, 6) is -0.402. The minimum absolute atomic E-state index is 0.0326. The van der Waals surface area contributed by atoms with Crippen LogP contribution in [0.3, 0.4) is 0 Å². The Morgan fingerprint density at radius 2 is 2.18 bits per heavy atom. The summed E-state index contributed by atoms with van der Waals surface area (Å²) in [6.07, 6.45) is 1.47. The number of nitriles is 1. The van der Waals surface area contributed by atoms with Crippen molar-refractivity contribution in [1.82, 2.24) is 5.32 Å². The fraction of sp³-hybridized carbons (Fsp3) is 0.167. The van der Waals surface area contributed by atoms with Gasteiger partial charge in [0.25, 0.3) is 5.91 Å². The van der Waals surface area contributed by atoms with Gasteiger partial charge >= 0.3 is 0 Å². The lowest BCUT2D eigenvalue weighted by molar-refractivity contribution is -0.116. The van der Waals surface area contributed by atoms with Gasteiger partial charge in [0.1, 0.15) is 11.6 Å². The summed E-state index contributed by atoms with van der Waals surface area (Å²) in [4.78, 5) is 11.5. The predicted octanol–water partition coefficient (Wildman–Crippen LogP) is 3.04. The molecule has 1 aromatic rings. The summed E-state index contributed by atoms with van der Waals surface area (Å²) in [5, 5.41) is 12.2. The highest BCUT2D eigenvalue weighted by atomic mass is 35.5. The number of hydrogen-bond acceptors (Lipinski definition) is 2. The molecule has 88 valence electrons. The van der Waals surface area contributed by atoms with Crippen LogP contribution in [-0.4, -0.2) is 12.5 Å². The molecule has 1 amide bonds. The number of carbonyl (C=O) groups excluding carboxylic acids is 1. The highest BCUT2D eigenvalue weighted by Gasteiger charge is 2.07. The lowest BCUT2D eigenvalue weighted by Gasteiger charge is -2.01. The van der Waals surface area contributed by atoms with Gasteiger partial charge in [0.2, 0.25) is 0 Å². The first-order chi connectivity index (χ1) is 8.08. The van der Waals surface area contributed by atoms with Crippen LogP contribution in [-0.2, 0) is 4.79 Å². The average Bonchev–Trinajstić information content (AvgIpc) is 2.30. The summed E-state index contributed by atoms with van der Waals surface area (Å²) in [6.45, 7) is 2.26. The van der Waals surface area contributed by atoms with E-state index in [1.165, 1.54) is 6.08 Å². The first-order valence-electron chi connectivity index (χ1n) is 4.93. The molecule has 1 N–H and O–H groups in total. The number of nitrogens with zero attached hydrogens (tertiary/aromatic N) is 1. The van der Waals surface area contributed by atoms with Crippen molar-refractivity contribution < 1.29 is 4.79 Å². The smallest absolute Gasteiger partial charge is 0.261 e. The zero-order chi connectivity index (χ0) is 12.8. The van der Waals surface area contributed by atoms with E-state index < -0.39 is 5.91 Å². The molecule has 5 heteroatoms. The number of benzene rings is 1. The SMILES string of the molecule is CCNC(=O)C(C#N)=Cc1ccc(Cl)c(Cl)c1. The largest absolute Gasteiger partial charge is 0.352 e. The molecule has 0 aliphatic heterocycles. The molecule has 1 aromatic carbocycles. The maximum absolute atomic E-state index is 11.5. The lowest BCUT2D eigenvalue weighted by atomic mass is 10.1. The third-order valence-corrected chi connectivity index (χ3v) is 2.70. The molecular formula is C12H10Cl2N2O. The minimum atomic E-state index is -0.402. The third kappa shape index (κ3) is 3.77. The molecule has 0 saturated heterocycles. The maximum atomic E-state index is 11.5. The van der Waals surface area contributed by atoms with Crippen LogP contribution >= 0.6 is 23.2 Å². The second-order valence-corrected chi connectivity index (χ2v) is 4.02. The van der Waals surface area contributed by atoms with E-state index in [2.05, 4.69) is 5.32 Å². The first kappa shape index (κ1) is 13.6. The van der Waals surface area contributed by atoms with Crippen molar-refractivity contribution in [3.05, 3.63) is 39.4 Å². The number of nitrogens with one attached hydrogen (secondary N) is 1. The van der Waals surface area contributed by atoms with Gasteiger partial charge in [0.05, 0.1) is 10.0 Å². The Morgan fingerprint density at radius 1 is 1.47 bits per heavy atom. The van der Waals surface area contributed by atoms with Gasteiger partial charge in [0.15, 0.2) is 0 Å². The first-order valence-corrected chi connectivity index (χ1v) is 5.69. The minimum Gasteiger partial charge on any atom is -0.352 e. The van der Waals surface area contributed by atoms with E-state index in [9.17, 15) is 4.79 Å². The summed E-state index contributed by atoms with van der Waals surface area (Å²) in [7, 11) is 0. The summed E-state index contributed by atoms with van der Waals surface area (Å²) in [6, 6.07) is 6.74. The molecular weight excluding hydrogens is 259 g/mol. The Labute approximate surface area is 110 Å². The van der Waals surface area contributed by atoms with Gasteiger partial charge in [-0.15, -0.1) is 0 Å². The van der Waals surface area contributed by atoms with Crippen molar-refractivity contribution in [2.24, 2.45) is 0 Å². The molecule has 0 fully saturated rings. The number of amides is 1. The molecule has 0 radical (unpaired) electrons. The average molecular weight is 269 g/mol. The van der Waals surface area contributed by atoms with E-state index in [1.54, 1.807) is 25.1 Å². The molecule has 0 saturated carbocycles. The normalized spacial score (nSPS) is 10.8. The number of rotatable bonds is 3. The van der Waals surface area contributed by atoms with Crippen molar-refractivity contribution in [3.8, 4) is 6.07 Å². The number of hydrogen-bond donors (Lipinski definition) is 1. The molecule has 0 unspecified atom stereocenters. The van der Waals surface area contributed by atoms with Crippen LogP contribution in [0.15, 0.2) is 23.8 Å². The Morgan fingerprint density at radius 3 is 2.71 bits per heavy atom. The standard InChI is InChI=1S/C12H10Cl2N2O/c1-2-16-12(17)9(7-15)5-8-3-4-10(13)11(14)6-8/h3-6H,2H2,1H3,(H,16,17). The Balaban J connectivity index is 3.03. The van der Waals surface area contributed by atoms with Gasteiger partial charge < -0.3 is 5.32 Å². The van der Waals surface area contributed by atoms with Crippen LogP contribution in [0.25, 0.3) is 6.08 Å². The third-order valence-electron chi connectivity index (χ3n) is 1.96. The van der Waals surface area contributed by atoms with E-state index in [0.717, 1.165) is 0 Å². The van der Waals surface area contributed by atoms with Gasteiger partial charge in [-0.25, -0.2) is 0 Å². The van der Waals surface area contributed by atoms with Crippen LogP contribution < -0.4 is 5.32 Å². The zero-order valence-electron chi connectivity index (χ0n) is 9.13. The predicted molar refractivity (Wildman–Crippen MR) is 68.7 cm³/mol. The van der Waals surface area contributed by atoms with Crippen molar-refractivity contribution in [2.75, 3.05) is 6.54 Å². The van der Waals surface area contributed by atoms with Gasteiger partial charge in [-0.1, -0.05) is 29.3 Å². The quantitative estimate of drug-likeness (QED) is 0.677. The zero-order valence-corrected chi connectivity index (χ0v) is 10.6. The van der Waals surface area contributed by atoms with Gasteiger partial charge in [-0.05, 0) is 30.7 Å². The monoisotopic (exact) mass is 268 g/mol. The van der Waals surface area contributed by atoms with E-state index in [4.69, 9.17) is 28.5 Å². The van der Waals surface area contributed by atoms with E-state index >= 15 is 0 Å². The number of halogens is 2. The second-order valence-electron chi connectivity index (χ2n) is 3.20. The fourth-order valence-corrected chi connectivity index (χ4v) is 1.48. The Bertz CT molecular complexity index is 504. The number of likely N-dealkylation sites (N-methyl/N-ethyl adjacent to an activating group) is 1. The summed E-state index contributed by atoms with van der Waals surface area (Å²) < 4.78 is 0. The molecule has 0 heterocycles. The second kappa shape index (κ2) is 6.29. The van der Waals surface area contributed by atoms with Gasteiger partial charge in [-0.2, -0.15) is 5.26 Å². The molecule has 0 atom stereocenters. The topological polar surface area (TPSA) is 52.9 Å². The van der Waals surface area contributed by atoms with Gasteiger partial charge in [0, 0.05) is 6.54 Å². The van der Waals surface area contributed by atoms with Crippen molar-refractivity contribution >= 4 is 35.2 Å². The molecule has 0 aromatic heterocycles. The van der Waals surface area contributed by atoms with Crippen LogP contribution in [0, 0.1) is 11.3 Å². The van der Waals surface area contributed by atoms with Crippen molar-refractivity contribution in [1.29, 1.82) is 5.26 Å². The van der Waals surface area contributed by atoms with Gasteiger partial charge in [-0.3, -0.25) is 4.79 Å². The van der Waals surface area contributed by atoms with Crippen LogP contribution in [0.5, 0.6) is 0 Å². The highest BCUT2D eigenvalue weighted by molar-refractivity contribution is 6.42. The Hall–Kier alpha value is -1.50. The summed E-state index contributed by atoms with van der Waals surface area (Å²) in [5.41, 5.74) is 0.687. The molecule has 0 aliphatic rings. The molecule has 0 spiro atoms. The van der Waals surface area contributed by atoms with Crippen molar-refractivity contribution in [2.45, 2.75) is 6.92 Å². The van der Waals surface area contributed by atoms with E-state index in [0.29, 0.717) is 22.2 Å². The maximum Gasteiger partial charge on any atom is 0.261 e. The molecule has 3 nitrogen and oxygen atoms in total. The molecule has 1 rings (SSSR count). The number of carbonyl (C=O) groups is 1. The molecule has 0 aliphatic carbocycles. The van der Waals surface area contributed by atoms with Crippen LogP contribution in [0.1, 0.15) is 12.5 Å². The van der Waals surface area contributed by atoms with E-state index in [1.807, 2.05) is 6.07 Å². The van der Waals surface area contributed by atoms with Crippen LogP contribution in [0.2, 0.25) is 10.0 Å². The summed E-state index contributed by atoms with van der Waals surface area (Å²) >= 11 is 11.6. The Kier molecular flexibility index (Phi) is 5.02. The highest BCUT2D eigenvalue weighted by Crippen LogP contribution is 2.23. The molecule has 17 heavy (non-hydrogen) atoms. The van der Waals surface area contributed by atoms with Crippen molar-refractivity contribution in [3.63, 3.8) is 0 Å². The van der Waals surface area contributed by atoms with Crippen LogP contribution in [0.4, 0.5) is 0 Å².